The van der Waals surface area contributed by atoms with Crippen molar-refractivity contribution in [2.75, 3.05) is 20.3 Å². The first-order chi connectivity index (χ1) is 12.8. The summed E-state index contributed by atoms with van der Waals surface area (Å²) in [7, 11) is 1.68. The van der Waals surface area contributed by atoms with Gasteiger partial charge < -0.3 is 14.2 Å². The monoisotopic (exact) mass is 384 g/mol. The number of carbonyl (C=O) groups excluding carboxylic acids is 1. The lowest BCUT2D eigenvalue weighted by atomic mass is 9.71. The average molecular weight is 385 g/mol. The molecular formula is C23H44O4. The van der Waals surface area contributed by atoms with Crippen LogP contribution in [0.1, 0.15) is 92.9 Å². The van der Waals surface area contributed by atoms with E-state index in [0.29, 0.717) is 25.2 Å². The molecule has 0 aliphatic heterocycles. The standard InChI is InChI=1S/C23H44O4/c1-9-13-14-15-16-17-20(21(24)19(5)6)23(25-8,18-10-2)22(7,26-11-3)27-12-4/h20H,5,9-18H2,1-4,6-8H3. The summed E-state index contributed by atoms with van der Waals surface area (Å²) in [6.07, 6.45) is 8.09. The van der Waals surface area contributed by atoms with Crippen molar-refractivity contribution in [1.82, 2.24) is 0 Å². The summed E-state index contributed by atoms with van der Waals surface area (Å²) < 4.78 is 18.4. The molecule has 0 fully saturated rings. The number of hydrogen-bond donors (Lipinski definition) is 0. The Morgan fingerprint density at radius 1 is 0.963 bits per heavy atom. The summed E-state index contributed by atoms with van der Waals surface area (Å²) in [6, 6.07) is 0. The molecule has 0 aliphatic rings. The van der Waals surface area contributed by atoms with E-state index in [1.54, 1.807) is 14.0 Å². The number of rotatable bonds is 17. The SMILES string of the molecule is C=C(C)C(=O)C(CCCCCCC)C(CCC)(OC)C(C)(OCC)OCC. The Labute approximate surface area is 168 Å². The van der Waals surface area contributed by atoms with E-state index in [1.165, 1.54) is 19.3 Å². The van der Waals surface area contributed by atoms with Gasteiger partial charge in [-0.1, -0.05) is 59.0 Å². The fourth-order valence-electron chi connectivity index (χ4n) is 4.18. The van der Waals surface area contributed by atoms with Crippen LogP contribution in [0, 0.1) is 5.92 Å². The lowest BCUT2D eigenvalue weighted by molar-refractivity contribution is -0.329. The van der Waals surface area contributed by atoms with E-state index < -0.39 is 11.4 Å². The topological polar surface area (TPSA) is 44.8 Å². The zero-order valence-electron chi connectivity index (χ0n) is 19.0. The molecule has 0 saturated heterocycles. The average Bonchev–Trinajstić information content (AvgIpc) is 2.63. The molecule has 0 aromatic heterocycles. The Kier molecular flexibility index (Phi) is 13.1. The first kappa shape index (κ1) is 26.3. The third-order valence-corrected chi connectivity index (χ3v) is 5.49. The number of hydrogen-bond acceptors (Lipinski definition) is 4. The highest BCUT2D eigenvalue weighted by Gasteiger charge is 2.57. The van der Waals surface area contributed by atoms with Crippen LogP contribution in [0.5, 0.6) is 0 Å². The van der Waals surface area contributed by atoms with E-state index in [-0.39, 0.29) is 11.7 Å². The fourth-order valence-corrected chi connectivity index (χ4v) is 4.18. The second kappa shape index (κ2) is 13.5. The summed E-state index contributed by atoms with van der Waals surface area (Å²) >= 11 is 0. The summed E-state index contributed by atoms with van der Waals surface area (Å²) in [6.45, 7) is 16.8. The van der Waals surface area contributed by atoms with E-state index in [0.717, 1.165) is 25.7 Å². The molecule has 4 heteroatoms. The second-order valence-electron chi connectivity index (χ2n) is 7.56. The molecule has 0 spiro atoms. The van der Waals surface area contributed by atoms with Crippen molar-refractivity contribution in [2.24, 2.45) is 5.92 Å². The molecule has 0 aliphatic carbocycles. The van der Waals surface area contributed by atoms with Gasteiger partial charge in [0.2, 0.25) is 0 Å². The normalized spacial score (nSPS) is 15.4. The number of methoxy groups -OCH3 is 1. The highest BCUT2D eigenvalue weighted by molar-refractivity contribution is 5.97. The van der Waals surface area contributed by atoms with Gasteiger partial charge in [0, 0.05) is 20.3 Å². The first-order valence-electron chi connectivity index (χ1n) is 10.8. The van der Waals surface area contributed by atoms with Crippen LogP contribution >= 0.6 is 0 Å². The Morgan fingerprint density at radius 2 is 1.52 bits per heavy atom. The zero-order chi connectivity index (χ0) is 20.9. The predicted molar refractivity (Wildman–Crippen MR) is 113 cm³/mol. The first-order valence-corrected chi connectivity index (χ1v) is 10.8. The van der Waals surface area contributed by atoms with E-state index in [4.69, 9.17) is 14.2 Å². The maximum absolute atomic E-state index is 13.2. The van der Waals surface area contributed by atoms with Crippen molar-refractivity contribution in [3.63, 3.8) is 0 Å². The Balaban J connectivity index is 5.94. The van der Waals surface area contributed by atoms with Gasteiger partial charge in [0.05, 0.1) is 5.92 Å². The van der Waals surface area contributed by atoms with Gasteiger partial charge in [-0.2, -0.15) is 0 Å². The molecular weight excluding hydrogens is 340 g/mol. The van der Waals surface area contributed by atoms with Crippen molar-refractivity contribution in [2.45, 2.75) is 104 Å². The number of carbonyl (C=O) groups is 1. The molecule has 0 radical (unpaired) electrons. The van der Waals surface area contributed by atoms with E-state index in [9.17, 15) is 4.79 Å². The maximum Gasteiger partial charge on any atom is 0.195 e. The number of ether oxygens (including phenoxy) is 3. The lowest BCUT2D eigenvalue weighted by Crippen LogP contribution is -2.63. The minimum atomic E-state index is -0.986. The third-order valence-electron chi connectivity index (χ3n) is 5.49. The Bertz CT molecular complexity index is 426. The molecule has 0 heterocycles. The van der Waals surface area contributed by atoms with Crippen LogP contribution in [0.25, 0.3) is 0 Å². The lowest BCUT2D eigenvalue weighted by Gasteiger charge is -2.50. The van der Waals surface area contributed by atoms with Crippen molar-refractivity contribution in [3.05, 3.63) is 12.2 Å². The molecule has 160 valence electrons. The fraction of sp³-hybridized carbons (Fsp3) is 0.870. The van der Waals surface area contributed by atoms with Gasteiger partial charge in [-0.05, 0) is 46.1 Å². The third kappa shape index (κ3) is 6.99. The molecule has 0 aromatic carbocycles. The van der Waals surface area contributed by atoms with Gasteiger partial charge >= 0.3 is 0 Å². The number of allylic oxidation sites excluding steroid dienone is 1. The number of ketones is 1. The van der Waals surface area contributed by atoms with Gasteiger partial charge in [-0.3, -0.25) is 4.79 Å². The molecule has 0 rings (SSSR count). The van der Waals surface area contributed by atoms with Crippen LogP contribution < -0.4 is 0 Å². The van der Waals surface area contributed by atoms with Gasteiger partial charge in [0.1, 0.15) is 5.60 Å². The van der Waals surface area contributed by atoms with Gasteiger partial charge in [-0.15, -0.1) is 0 Å². The Hall–Kier alpha value is -0.710. The maximum atomic E-state index is 13.2. The molecule has 2 unspecified atom stereocenters. The van der Waals surface area contributed by atoms with Crippen LogP contribution in [0.2, 0.25) is 0 Å². The minimum absolute atomic E-state index is 0.0615. The second-order valence-corrected chi connectivity index (χ2v) is 7.56. The predicted octanol–water partition coefficient (Wildman–Crippen LogP) is 6.08. The van der Waals surface area contributed by atoms with Crippen LogP contribution in [0.15, 0.2) is 12.2 Å². The summed E-state index contributed by atoms with van der Waals surface area (Å²) in [5.41, 5.74) is -0.268. The van der Waals surface area contributed by atoms with Gasteiger partial charge in [-0.25, -0.2) is 0 Å². The quantitative estimate of drug-likeness (QED) is 0.173. The van der Waals surface area contributed by atoms with Gasteiger partial charge in [0.15, 0.2) is 11.6 Å². The molecule has 0 amide bonds. The van der Waals surface area contributed by atoms with Crippen molar-refractivity contribution >= 4 is 5.78 Å². The smallest absolute Gasteiger partial charge is 0.195 e. The zero-order valence-corrected chi connectivity index (χ0v) is 19.0. The molecule has 0 bridgehead atoms. The summed E-state index contributed by atoms with van der Waals surface area (Å²) in [5.74, 6) is -1.25. The van der Waals surface area contributed by atoms with Crippen molar-refractivity contribution < 1.29 is 19.0 Å². The highest BCUT2D eigenvalue weighted by atomic mass is 16.7. The molecule has 0 aromatic rings. The van der Waals surface area contributed by atoms with E-state index in [2.05, 4.69) is 20.4 Å². The van der Waals surface area contributed by atoms with Crippen LogP contribution in [-0.4, -0.2) is 37.5 Å². The molecule has 2 atom stereocenters. The molecule has 0 saturated carbocycles. The number of Topliss-reactive ketones (excluding diaryl/α,β-unsaturated/α-hetero) is 1. The minimum Gasteiger partial charge on any atom is -0.372 e. The van der Waals surface area contributed by atoms with Crippen LogP contribution in [0.3, 0.4) is 0 Å². The van der Waals surface area contributed by atoms with E-state index >= 15 is 0 Å². The Morgan fingerprint density at radius 3 is 1.93 bits per heavy atom. The van der Waals surface area contributed by atoms with Crippen LogP contribution in [-0.2, 0) is 19.0 Å². The summed E-state index contributed by atoms with van der Waals surface area (Å²) in [5, 5.41) is 0. The molecule has 27 heavy (non-hydrogen) atoms. The molecule has 0 N–H and O–H groups in total. The van der Waals surface area contributed by atoms with Crippen LogP contribution in [0.4, 0.5) is 0 Å². The van der Waals surface area contributed by atoms with Crippen molar-refractivity contribution in [3.8, 4) is 0 Å². The van der Waals surface area contributed by atoms with Gasteiger partial charge in [0.25, 0.3) is 0 Å². The molecule has 4 nitrogen and oxygen atoms in total. The van der Waals surface area contributed by atoms with Crippen molar-refractivity contribution in [1.29, 1.82) is 0 Å². The van der Waals surface area contributed by atoms with E-state index in [1.807, 2.05) is 20.8 Å². The highest BCUT2D eigenvalue weighted by Crippen LogP contribution is 2.44. The summed E-state index contributed by atoms with van der Waals surface area (Å²) in [4.78, 5) is 13.2. The largest absolute Gasteiger partial charge is 0.372 e. The number of unbranched alkanes of at least 4 members (excludes halogenated alkanes) is 4.